The van der Waals surface area contributed by atoms with Crippen LogP contribution in [0, 0.1) is 6.92 Å². The number of carbonyl (C=O) groups excluding carboxylic acids is 1. The van der Waals surface area contributed by atoms with Crippen LogP contribution in [0.3, 0.4) is 0 Å². The van der Waals surface area contributed by atoms with Gasteiger partial charge in [-0.25, -0.2) is 4.98 Å². The Labute approximate surface area is 258 Å². The fourth-order valence-electron chi connectivity index (χ4n) is 5.37. The van der Waals surface area contributed by atoms with Crippen LogP contribution in [-0.4, -0.2) is 68.5 Å². The number of amides is 1. The lowest BCUT2D eigenvalue weighted by molar-refractivity contribution is -0.138. The molecule has 2 aromatic carbocycles. The van der Waals surface area contributed by atoms with Crippen molar-refractivity contribution < 1.29 is 22.7 Å². The first-order valence-corrected chi connectivity index (χ1v) is 14.5. The van der Waals surface area contributed by atoms with Crippen molar-refractivity contribution in [2.75, 3.05) is 38.5 Å². The number of nitrogens with zero attached hydrogens (tertiary/aromatic N) is 6. The molecule has 45 heavy (non-hydrogen) atoms. The van der Waals surface area contributed by atoms with E-state index in [-0.39, 0.29) is 29.2 Å². The van der Waals surface area contributed by atoms with Gasteiger partial charge >= 0.3 is 6.18 Å². The summed E-state index contributed by atoms with van der Waals surface area (Å²) in [6.07, 6.45) is 0.596. The molecule has 3 aromatic heterocycles. The zero-order valence-electron chi connectivity index (χ0n) is 25.1. The number of rotatable bonds is 7. The standard InChI is InChI=1S/C33H32F3N7O2/c1-21-6-9-25(45-32-29-28(10-12-42(29)3)39-30(40-32)22-5-4-11-37-19-22)18-26(21)31(44)38-24-8-7-23(27(17-24)33(34,35)36)20-43-15-13-41(2)14-16-43/h4-12,17-19H,13-16,20H2,1-3H3,(H,38,44). The Morgan fingerprint density at radius 2 is 1.80 bits per heavy atom. The van der Waals surface area contributed by atoms with E-state index in [1.54, 1.807) is 43.6 Å². The lowest BCUT2D eigenvalue weighted by atomic mass is 10.0. The average Bonchev–Trinajstić information content (AvgIpc) is 3.40. The largest absolute Gasteiger partial charge is 0.437 e. The highest BCUT2D eigenvalue weighted by Crippen LogP contribution is 2.35. The lowest BCUT2D eigenvalue weighted by Gasteiger charge is -2.33. The van der Waals surface area contributed by atoms with Crippen LogP contribution in [0.2, 0.25) is 0 Å². The molecule has 12 heteroatoms. The number of anilines is 1. The zero-order valence-corrected chi connectivity index (χ0v) is 25.1. The molecule has 0 radical (unpaired) electrons. The second-order valence-corrected chi connectivity index (χ2v) is 11.2. The third kappa shape index (κ3) is 6.66. The first kappa shape index (κ1) is 30.2. The highest BCUT2D eigenvalue weighted by atomic mass is 19.4. The maximum Gasteiger partial charge on any atom is 0.416 e. The fraction of sp³-hybridized carbons (Fsp3) is 0.273. The van der Waals surface area contributed by atoms with Gasteiger partial charge in [0.25, 0.3) is 5.91 Å². The van der Waals surface area contributed by atoms with Gasteiger partial charge in [0.05, 0.1) is 11.1 Å². The number of pyridine rings is 1. The van der Waals surface area contributed by atoms with Crippen LogP contribution < -0.4 is 10.1 Å². The van der Waals surface area contributed by atoms with E-state index in [0.29, 0.717) is 46.8 Å². The number of halogens is 3. The number of nitrogens with one attached hydrogen (secondary N) is 1. The summed E-state index contributed by atoms with van der Waals surface area (Å²) in [6, 6.07) is 14.4. The van der Waals surface area contributed by atoms with Crippen molar-refractivity contribution in [2.45, 2.75) is 19.6 Å². The number of piperazine rings is 1. The van der Waals surface area contributed by atoms with Crippen LogP contribution in [-0.2, 0) is 19.8 Å². The molecule has 0 bridgehead atoms. The van der Waals surface area contributed by atoms with Crippen LogP contribution in [0.25, 0.3) is 22.4 Å². The molecule has 6 rings (SSSR count). The van der Waals surface area contributed by atoms with Gasteiger partial charge in [0, 0.05) is 75.2 Å². The van der Waals surface area contributed by atoms with E-state index in [4.69, 9.17) is 4.74 Å². The molecule has 0 unspecified atom stereocenters. The summed E-state index contributed by atoms with van der Waals surface area (Å²) in [6.45, 7) is 4.93. The third-order valence-corrected chi connectivity index (χ3v) is 7.94. The van der Waals surface area contributed by atoms with Crippen molar-refractivity contribution in [3.63, 3.8) is 0 Å². The van der Waals surface area contributed by atoms with Crippen LogP contribution in [0.15, 0.2) is 73.2 Å². The number of hydrogen-bond donors (Lipinski definition) is 1. The predicted molar refractivity (Wildman–Crippen MR) is 165 cm³/mol. The summed E-state index contributed by atoms with van der Waals surface area (Å²) in [4.78, 5) is 31.0. The number of aryl methyl sites for hydroxylation is 2. The van der Waals surface area contributed by atoms with Crippen LogP contribution >= 0.6 is 0 Å². The summed E-state index contributed by atoms with van der Waals surface area (Å²) >= 11 is 0. The number of likely N-dealkylation sites (N-methyl/N-ethyl adjacent to an activating group) is 1. The number of aromatic nitrogens is 4. The molecular weight excluding hydrogens is 583 g/mol. The van der Waals surface area contributed by atoms with Gasteiger partial charge in [-0.05, 0) is 67.6 Å². The topological polar surface area (TPSA) is 88.4 Å². The molecule has 232 valence electrons. The van der Waals surface area contributed by atoms with E-state index in [1.807, 2.05) is 41.9 Å². The minimum Gasteiger partial charge on any atom is -0.437 e. The Morgan fingerprint density at radius 3 is 2.53 bits per heavy atom. The molecule has 1 saturated heterocycles. The van der Waals surface area contributed by atoms with Gasteiger partial charge in [0.2, 0.25) is 5.88 Å². The maximum atomic E-state index is 14.1. The van der Waals surface area contributed by atoms with Crippen molar-refractivity contribution in [2.24, 2.45) is 7.05 Å². The molecule has 1 aliphatic heterocycles. The molecule has 4 heterocycles. The zero-order chi connectivity index (χ0) is 31.7. The minimum atomic E-state index is -4.57. The van der Waals surface area contributed by atoms with Gasteiger partial charge in [-0.15, -0.1) is 0 Å². The summed E-state index contributed by atoms with van der Waals surface area (Å²) < 4.78 is 50.4. The van der Waals surface area contributed by atoms with Crippen LogP contribution in [0.1, 0.15) is 27.0 Å². The number of hydrogen-bond acceptors (Lipinski definition) is 7. The third-order valence-electron chi connectivity index (χ3n) is 7.94. The van der Waals surface area contributed by atoms with Gasteiger partial charge in [-0.1, -0.05) is 12.1 Å². The molecule has 0 saturated carbocycles. The van der Waals surface area contributed by atoms with Crippen molar-refractivity contribution in [3.8, 4) is 23.0 Å². The second kappa shape index (κ2) is 12.3. The molecule has 5 aromatic rings. The van der Waals surface area contributed by atoms with Crippen LogP contribution in [0.5, 0.6) is 11.6 Å². The molecule has 0 spiro atoms. The Balaban J connectivity index is 1.25. The maximum absolute atomic E-state index is 14.1. The average molecular weight is 616 g/mol. The normalized spacial score (nSPS) is 14.5. The molecule has 1 N–H and O–H groups in total. The van der Waals surface area contributed by atoms with Gasteiger partial charge in [-0.2, -0.15) is 18.2 Å². The molecule has 0 aliphatic carbocycles. The Kier molecular flexibility index (Phi) is 8.26. The smallest absolute Gasteiger partial charge is 0.416 e. The summed E-state index contributed by atoms with van der Waals surface area (Å²) in [5.74, 6) is 0.494. The fourth-order valence-corrected chi connectivity index (χ4v) is 5.37. The van der Waals surface area contributed by atoms with Crippen molar-refractivity contribution in [1.82, 2.24) is 29.3 Å². The number of benzene rings is 2. The molecule has 0 atom stereocenters. The first-order chi connectivity index (χ1) is 21.5. The SMILES string of the molecule is Cc1ccc(Oc2nc(-c3cccnc3)nc3ccn(C)c23)cc1C(=O)Nc1ccc(CN2CCN(C)CC2)c(C(F)(F)F)c1. The Morgan fingerprint density at radius 1 is 1.00 bits per heavy atom. The van der Waals surface area contributed by atoms with Gasteiger partial charge < -0.3 is 19.5 Å². The van der Waals surface area contributed by atoms with Crippen molar-refractivity contribution in [3.05, 3.63) is 95.4 Å². The monoisotopic (exact) mass is 615 g/mol. The van der Waals surface area contributed by atoms with Crippen molar-refractivity contribution >= 4 is 22.6 Å². The molecule has 1 aliphatic rings. The molecule has 1 fully saturated rings. The molecular formula is C33H32F3N7O2. The highest BCUT2D eigenvalue weighted by Gasteiger charge is 2.34. The Hall–Kier alpha value is -4.81. The van der Waals surface area contributed by atoms with Gasteiger partial charge in [-0.3, -0.25) is 14.7 Å². The quantitative estimate of drug-likeness (QED) is 0.235. The number of carbonyl (C=O) groups is 1. The van der Waals surface area contributed by atoms with Gasteiger partial charge in [0.15, 0.2) is 5.82 Å². The highest BCUT2D eigenvalue weighted by molar-refractivity contribution is 6.05. The summed E-state index contributed by atoms with van der Waals surface area (Å²) in [5.41, 5.74) is 2.41. The second-order valence-electron chi connectivity index (χ2n) is 11.2. The van der Waals surface area contributed by atoms with Gasteiger partial charge in [0.1, 0.15) is 11.3 Å². The van der Waals surface area contributed by atoms with E-state index in [9.17, 15) is 18.0 Å². The van der Waals surface area contributed by atoms with Crippen molar-refractivity contribution in [1.29, 1.82) is 0 Å². The Bertz CT molecular complexity index is 1850. The lowest BCUT2D eigenvalue weighted by Crippen LogP contribution is -2.44. The van der Waals surface area contributed by atoms with E-state index < -0.39 is 17.6 Å². The van der Waals surface area contributed by atoms with E-state index in [2.05, 4.69) is 25.2 Å². The van der Waals surface area contributed by atoms with E-state index in [1.165, 1.54) is 12.1 Å². The summed E-state index contributed by atoms with van der Waals surface area (Å²) in [5, 5.41) is 2.65. The minimum absolute atomic E-state index is 0.0580. The number of alkyl halides is 3. The first-order valence-electron chi connectivity index (χ1n) is 14.5. The predicted octanol–water partition coefficient (Wildman–Crippen LogP) is 6.15. The van der Waals surface area contributed by atoms with E-state index >= 15 is 0 Å². The summed E-state index contributed by atoms with van der Waals surface area (Å²) in [7, 11) is 3.85. The molecule has 1 amide bonds. The molecule has 9 nitrogen and oxygen atoms in total. The van der Waals surface area contributed by atoms with Crippen LogP contribution in [0.4, 0.5) is 18.9 Å². The number of fused-ring (bicyclic) bond motifs is 1. The number of ether oxygens (including phenoxy) is 1. The van der Waals surface area contributed by atoms with E-state index in [0.717, 1.165) is 19.2 Å².